The van der Waals surface area contributed by atoms with E-state index in [1.165, 1.54) is 18.7 Å². The Morgan fingerprint density at radius 1 is 1.63 bits per heavy atom. The number of ether oxygens (including phenoxy) is 1. The molecule has 1 aliphatic rings. The van der Waals surface area contributed by atoms with E-state index in [1.807, 2.05) is 12.1 Å². The van der Waals surface area contributed by atoms with E-state index in [-0.39, 0.29) is 16.3 Å². The molecule has 1 aromatic heterocycles. The van der Waals surface area contributed by atoms with E-state index >= 15 is 0 Å². The third-order valence-electron chi connectivity index (χ3n) is 2.92. The van der Waals surface area contributed by atoms with E-state index in [4.69, 9.17) is 4.74 Å². The number of nitrogens with zero attached hydrogens (tertiary/aromatic N) is 2. The van der Waals surface area contributed by atoms with Gasteiger partial charge in [-0.25, -0.2) is 4.98 Å². The summed E-state index contributed by atoms with van der Waals surface area (Å²) in [5.41, 5.74) is 0.881. The molecule has 2 rings (SSSR count). The summed E-state index contributed by atoms with van der Waals surface area (Å²) in [6, 6.07) is 3.71. The van der Waals surface area contributed by atoms with Crippen molar-refractivity contribution < 1.29 is 14.3 Å². The molecule has 2 heterocycles. The summed E-state index contributed by atoms with van der Waals surface area (Å²) in [6.07, 6.45) is 2.08. The van der Waals surface area contributed by atoms with Gasteiger partial charge in [-0.15, -0.1) is 0 Å². The lowest BCUT2D eigenvalue weighted by atomic mass is 10.2. The number of aromatic nitrogens is 1. The molecular weight excluding hydrogens is 264 g/mol. The lowest BCUT2D eigenvalue weighted by molar-refractivity contribution is -0.128. The van der Waals surface area contributed by atoms with E-state index in [0.29, 0.717) is 25.4 Å². The summed E-state index contributed by atoms with van der Waals surface area (Å²) in [4.78, 5) is 28.8. The number of hydrogen-bond donors (Lipinski definition) is 0. The molecule has 1 unspecified atom stereocenters. The molecule has 0 spiro atoms. The molecule has 1 saturated heterocycles. The van der Waals surface area contributed by atoms with Gasteiger partial charge in [0.2, 0.25) is 11.8 Å². The molecule has 1 amide bonds. The molecule has 19 heavy (non-hydrogen) atoms. The average Bonchev–Trinajstić information content (AvgIpc) is 2.69. The fraction of sp³-hybridized carbons (Fsp3) is 0.462. The highest BCUT2D eigenvalue weighted by atomic mass is 32.2. The Morgan fingerprint density at radius 3 is 3.11 bits per heavy atom. The third-order valence-corrected chi connectivity index (χ3v) is 3.90. The average molecular weight is 280 g/mol. The molecule has 0 N–H and O–H groups in total. The van der Waals surface area contributed by atoms with Gasteiger partial charge in [-0.3, -0.25) is 9.59 Å². The molecule has 102 valence electrons. The first kappa shape index (κ1) is 13.9. The van der Waals surface area contributed by atoms with Gasteiger partial charge in [0.05, 0.1) is 13.7 Å². The van der Waals surface area contributed by atoms with Gasteiger partial charge in [0.25, 0.3) is 0 Å². The maximum absolute atomic E-state index is 11.9. The van der Waals surface area contributed by atoms with Gasteiger partial charge < -0.3 is 9.64 Å². The summed E-state index contributed by atoms with van der Waals surface area (Å²) < 4.78 is 5.17. The number of likely N-dealkylation sites (tertiary alicyclic amines) is 1. The van der Waals surface area contributed by atoms with Gasteiger partial charge in [-0.1, -0.05) is 17.8 Å². The van der Waals surface area contributed by atoms with Crippen molar-refractivity contribution in [2.24, 2.45) is 0 Å². The first-order valence-corrected chi connectivity index (χ1v) is 6.91. The molecule has 1 aliphatic heterocycles. The van der Waals surface area contributed by atoms with E-state index in [9.17, 15) is 9.59 Å². The van der Waals surface area contributed by atoms with Gasteiger partial charge in [0.1, 0.15) is 0 Å². The molecule has 0 saturated carbocycles. The van der Waals surface area contributed by atoms with Gasteiger partial charge >= 0.3 is 0 Å². The zero-order valence-corrected chi connectivity index (χ0v) is 11.8. The van der Waals surface area contributed by atoms with Crippen molar-refractivity contribution in [2.75, 3.05) is 13.7 Å². The Hall–Kier alpha value is -1.56. The molecule has 5 nitrogen and oxygen atoms in total. The van der Waals surface area contributed by atoms with Crippen LogP contribution in [-0.4, -0.2) is 39.8 Å². The number of hydrogen-bond acceptors (Lipinski definition) is 5. The summed E-state index contributed by atoms with van der Waals surface area (Å²) >= 11 is 1.24. The SMILES string of the molecule is COc1ncccc1CN1CC(SC(C)=O)CC1=O. The molecule has 1 aromatic rings. The molecule has 1 fully saturated rings. The fourth-order valence-corrected chi connectivity index (χ4v) is 3.09. The number of carbonyl (C=O) groups excluding carboxylic acids is 2. The number of thioether (sulfide) groups is 1. The van der Waals surface area contributed by atoms with Crippen LogP contribution >= 0.6 is 11.8 Å². The van der Waals surface area contributed by atoms with E-state index in [2.05, 4.69) is 4.98 Å². The molecule has 1 atom stereocenters. The quantitative estimate of drug-likeness (QED) is 0.836. The Balaban J connectivity index is 2.03. The zero-order valence-electron chi connectivity index (χ0n) is 11.0. The van der Waals surface area contributed by atoms with Crippen LogP contribution in [-0.2, 0) is 16.1 Å². The second-order valence-corrected chi connectivity index (χ2v) is 5.86. The van der Waals surface area contributed by atoms with Crippen LogP contribution in [0.15, 0.2) is 18.3 Å². The van der Waals surface area contributed by atoms with Crippen LogP contribution in [0.1, 0.15) is 18.9 Å². The Labute approximate surface area is 116 Å². The fourth-order valence-electron chi connectivity index (χ4n) is 2.14. The number of methoxy groups -OCH3 is 1. The van der Waals surface area contributed by atoms with Crippen molar-refractivity contribution in [3.8, 4) is 5.88 Å². The highest BCUT2D eigenvalue weighted by molar-refractivity contribution is 8.14. The molecule has 6 heteroatoms. The first-order valence-electron chi connectivity index (χ1n) is 6.03. The minimum Gasteiger partial charge on any atom is -0.481 e. The predicted molar refractivity (Wildman–Crippen MR) is 72.9 cm³/mol. The lowest BCUT2D eigenvalue weighted by Gasteiger charge is -2.17. The van der Waals surface area contributed by atoms with Crippen molar-refractivity contribution >= 4 is 22.8 Å². The van der Waals surface area contributed by atoms with Crippen LogP contribution < -0.4 is 4.74 Å². The topological polar surface area (TPSA) is 59.5 Å². The largest absolute Gasteiger partial charge is 0.481 e. The van der Waals surface area contributed by atoms with Gasteiger partial charge in [-0.05, 0) is 6.07 Å². The summed E-state index contributed by atoms with van der Waals surface area (Å²) in [5.74, 6) is 0.614. The van der Waals surface area contributed by atoms with Crippen LogP contribution in [0.5, 0.6) is 5.88 Å². The lowest BCUT2D eigenvalue weighted by Crippen LogP contribution is -2.25. The third kappa shape index (κ3) is 3.47. The summed E-state index contributed by atoms with van der Waals surface area (Å²) in [6.45, 7) is 2.61. The Morgan fingerprint density at radius 2 is 2.42 bits per heavy atom. The van der Waals surface area contributed by atoms with Crippen molar-refractivity contribution in [1.29, 1.82) is 0 Å². The highest BCUT2D eigenvalue weighted by Gasteiger charge is 2.31. The van der Waals surface area contributed by atoms with Gasteiger partial charge in [-0.2, -0.15) is 0 Å². The van der Waals surface area contributed by atoms with E-state index in [0.717, 1.165) is 5.56 Å². The first-order chi connectivity index (χ1) is 9.10. The van der Waals surface area contributed by atoms with Crippen molar-refractivity contribution in [1.82, 2.24) is 9.88 Å². The molecule has 0 aromatic carbocycles. The van der Waals surface area contributed by atoms with Crippen LogP contribution in [0, 0.1) is 0 Å². The summed E-state index contributed by atoms with van der Waals surface area (Å²) in [7, 11) is 1.56. The number of rotatable bonds is 4. The monoisotopic (exact) mass is 280 g/mol. The van der Waals surface area contributed by atoms with Crippen molar-refractivity contribution in [2.45, 2.75) is 25.1 Å². The molecular formula is C13H16N2O3S. The minimum absolute atomic E-state index is 0.0543. The second kappa shape index (κ2) is 6.06. The number of pyridine rings is 1. The molecule has 0 radical (unpaired) electrons. The van der Waals surface area contributed by atoms with Crippen molar-refractivity contribution in [3.63, 3.8) is 0 Å². The van der Waals surface area contributed by atoms with Crippen molar-refractivity contribution in [3.05, 3.63) is 23.9 Å². The number of carbonyl (C=O) groups is 2. The maximum Gasteiger partial charge on any atom is 0.224 e. The Kier molecular flexibility index (Phi) is 4.42. The standard InChI is InChI=1S/C13H16N2O3S/c1-9(16)19-11-6-12(17)15(8-11)7-10-4-3-5-14-13(10)18-2/h3-5,11H,6-8H2,1-2H3. The van der Waals surface area contributed by atoms with Crippen LogP contribution in [0.25, 0.3) is 0 Å². The van der Waals surface area contributed by atoms with Gasteiger partial charge in [0, 0.05) is 36.9 Å². The highest BCUT2D eigenvalue weighted by Crippen LogP contribution is 2.26. The van der Waals surface area contributed by atoms with E-state index < -0.39 is 0 Å². The van der Waals surface area contributed by atoms with E-state index in [1.54, 1.807) is 18.2 Å². The smallest absolute Gasteiger partial charge is 0.224 e. The maximum atomic E-state index is 11.9. The minimum atomic E-state index is 0.0543. The normalized spacial score (nSPS) is 18.7. The van der Waals surface area contributed by atoms with Crippen LogP contribution in [0.2, 0.25) is 0 Å². The molecule has 0 aliphatic carbocycles. The van der Waals surface area contributed by atoms with Crippen LogP contribution in [0.4, 0.5) is 0 Å². The summed E-state index contributed by atoms with van der Waals surface area (Å²) in [5, 5.41) is 0.117. The zero-order chi connectivity index (χ0) is 13.8. The van der Waals surface area contributed by atoms with Crippen LogP contribution in [0.3, 0.4) is 0 Å². The Bertz CT molecular complexity index is 493. The second-order valence-electron chi connectivity index (χ2n) is 4.38. The van der Waals surface area contributed by atoms with Gasteiger partial charge in [0.15, 0.2) is 5.12 Å². The molecule has 0 bridgehead atoms. The number of amides is 1. The predicted octanol–water partition coefficient (Wildman–Crippen LogP) is 1.47.